The van der Waals surface area contributed by atoms with Gasteiger partial charge in [-0.15, -0.1) is 0 Å². The third kappa shape index (κ3) is 4.97. The third-order valence-corrected chi connectivity index (χ3v) is 5.04. The van der Waals surface area contributed by atoms with Gasteiger partial charge in [0.25, 0.3) is 0 Å². The van der Waals surface area contributed by atoms with Crippen molar-refractivity contribution in [3.63, 3.8) is 0 Å². The molecule has 0 aliphatic rings. The van der Waals surface area contributed by atoms with E-state index in [9.17, 15) is 8.42 Å². The second-order valence-corrected chi connectivity index (χ2v) is 7.89. The zero-order chi connectivity index (χ0) is 20.1. The molecule has 0 aliphatic heterocycles. The fourth-order valence-electron chi connectivity index (χ4n) is 2.53. The van der Waals surface area contributed by atoms with Crippen LogP contribution in [0.3, 0.4) is 0 Å². The molecule has 2 aromatic heterocycles. The van der Waals surface area contributed by atoms with Crippen LogP contribution in [0, 0.1) is 13.8 Å². The van der Waals surface area contributed by atoms with E-state index < -0.39 is 10.0 Å². The number of aromatic nitrogens is 4. The second-order valence-electron chi connectivity index (χ2n) is 6.05. The van der Waals surface area contributed by atoms with E-state index in [4.69, 9.17) is 9.47 Å². The van der Waals surface area contributed by atoms with E-state index in [1.165, 1.54) is 12.4 Å². The predicted octanol–water partition coefficient (Wildman–Crippen LogP) is 2.11. The largest absolute Gasteiger partial charge is 0.497 e. The molecule has 0 fully saturated rings. The van der Waals surface area contributed by atoms with Crippen LogP contribution in [0.15, 0.2) is 42.7 Å². The summed E-state index contributed by atoms with van der Waals surface area (Å²) in [5.74, 6) is 1.68. The summed E-state index contributed by atoms with van der Waals surface area (Å²) in [4.78, 5) is 8.12. The van der Waals surface area contributed by atoms with Crippen LogP contribution in [0.1, 0.15) is 11.4 Å². The van der Waals surface area contributed by atoms with Crippen LogP contribution in [0.2, 0.25) is 0 Å². The highest BCUT2D eigenvalue weighted by Crippen LogP contribution is 2.17. The third-order valence-electron chi connectivity index (χ3n) is 3.82. The van der Waals surface area contributed by atoms with Crippen molar-refractivity contribution in [3.8, 4) is 17.3 Å². The summed E-state index contributed by atoms with van der Waals surface area (Å²) in [6, 6.07) is 10.3. The number of hydrogen-bond acceptors (Lipinski definition) is 7. The van der Waals surface area contributed by atoms with Gasteiger partial charge in [-0.25, -0.2) is 23.1 Å². The minimum absolute atomic E-state index is 0.00291. The topological polar surface area (TPSA) is 108 Å². The zero-order valence-electron chi connectivity index (χ0n) is 15.8. The summed E-state index contributed by atoms with van der Waals surface area (Å²) < 4.78 is 39.2. The highest BCUT2D eigenvalue weighted by Gasteiger charge is 2.14. The fraction of sp³-hybridized carbons (Fsp3) is 0.278. The Morgan fingerprint density at radius 3 is 2.43 bits per heavy atom. The van der Waals surface area contributed by atoms with E-state index in [0.29, 0.717) is 17.3 Å². The summed E-state index contributed by atoms with van der Waals surface area (Å²) in [6.45, 7) is 3.76. The van der Waals surface area contributed by atoms with Gasteiger partial charge in [-0.05, 0) is 44.2 Å². The number of aryl methyl sites for hydroxylation is 2. The second kappa shape index (κ2) is 8.26. The maximum Gasteiger partial charge on any atom is 0.237 e. The highest BCUT2D eigenvalue weighted by molar-refractivity contribution is 7.92. The molecule has 0 unspecified atom stereocenters. The van der Waals surface area contributed by atoms with Crippen molar-refractivity contribution in [2.24, 2.45) is 0 Å². The minimum Gasteiger partial charge on any atom is -0.497 e. The predicted molar refractivity (Wildman–Crippen MR) is 105 cm³/mol. The Kier molecular flexibility index (Phi) is 5.78. The number of methoxy groups -OCH3 is 1. The van der Waals surface area contributed by atoms with Crippen LogP contribution >= 0.6 is 0 Å². The first-order valence-corrected chi connectivity index (χ1v) is 10.1. The molecular formula is C18H21N5O4S. The van der Waals surface area contributed by atoms with E-state index >= 15 is 0 Å². The van der Waals surface area contributed by atoms with Gasteiger partial charge in [-0.3, -0.25) is 4.72 Å². The van der Waals surface area contributed by atoms with E-state index in [-0.39, 0.29) is 18.2 Å². The number of nitrogens with one attached hydrogen (secondary N) is 1. The maximum absolute atomic E-state index is 12.3. The number of sulfonamides is 1. The molecule has 0 atom stereocenters. The van der Waals surface area contributed by atoms with Crippen LogP contribution in [-0.2, 0) is 10.0 Å². The Labute approximate surface area is 163 Å². The van der Waals surface area contributed by atoms with Crippen molar-refractivity contribution in [2.75, 3.05) is 24.2 Å². The minimum atomic E-state index is -3.64. The molecule has 28 heavy (non-hydrogen) atoms. The van der Waals surface area contributed by atoms with Crippen molar-refractivity contribution in [3.05, 3.63) is 54.1 Å². The average Bonchev–Trinajstić information content (AvgIpc) is 3.00. The first-order valence-electron chi connectivity index (χ1n) is 8.49. The lowest BCUT2D eigenvalue weighted by molar-refractivity contribution is 0.340. The Bertz CT molecular complexity index is 1050. The summed E-state index contributed by atoms with van der Waals surface area (Å²) >= 11 is 0. The standard InChI is InChI=1S/C18H21N5O4S/c1-13-10-14(2)23(21-13)18-11-17(19-12-20-18)22-28(24,25)9-8-27-16-6-4-15(26-3)5-7-16/h4-7,10-12H,8-9H2,1-3H3,(H,19,20,22). The van der Waals surface area contributed by atoms with Crippen molar-refractivity contribution >= 4 is 15.8 Å². The van der Waals surface area contributed by atoms with Gasteiger partial charge in [-0.1, -0.05) is 0 Å². The van der Waals surface area contributed by atoms with Gasteiger partial charge >= 0.3 is 0 Å². The first kappa shape index (κ1) is 19.6. The molecule has 2 heterocycles. The van der Waals surface area contributed by atoms with Crippen LogP contribution in [-0.4, -0.2) is 47.6 Å². The van der Waals surface area contributed by atoms with Crippen molar-refractivity contribution in [1.29, 1.82) is 0 Å². The van der Waals surface area contributed by atoms with Gasteiger partial charge in [0, 0.05) is 11.8 Å². The van der Waals surface area contributed by atoms with Gasteiger partial charge in [0.2, 0.25) is 10.0 Å². The number of anilines is 1. The normalized spacial score (nSPS) is 11.2. The molecule has 0 saturated heterocycles. The van der Waals surface area contributed by atoms with E-state index in [1.54, 1.807) is 36.1 Å². The Balaban J connectivity index is 1.62. The van der Waals surface area contributed by atoms with Crippen molar-refractivity contribution in [2.45, 2.75) is 13.8 Å². The smallest absolute Gasteiger partial charge is 0.237 e. The number of nitrogens with zero attached hydrogens (tertiary/aromatic N) is 4. The molecule has 0 spiro atoms. The molecule has 10 heteroatoms. The average molecular weight is 403 g/mol. The quantitative estimate of drug-likeness (QED) is 0.613. The highest BCUT2D eigenvalue weighted by atomic mass is 32.2. The van der Waals surface area contributed by atoms with E-state index in [1.807, 2.05) is 19.9 Å². The van der Waals surface area contributed by atoms with Gasteiger partial charge in [-0.2, -0.15) is 5.10 Å². The Morgan fingerprint density at radius 1 is 1.07 bits per heavy atom. The van der Waals surface area contributed by atoms with Gasteiger partial charge in [0.05, 0.1) is 12.8 Å². The molecule has 1 aromatic carbocycles. The molecule has 0 aliphatic carbocycles. The molecule has 3 rings (SSSR count). The lowest BCUT2D eigenvalue weighted by Gasteiger charge is -2.10. The first-order chi connectivity index (χ1) is 13.4. The summed E-state index contributed by atoms with van der Waals surface area (Å²) in [5, 5.41) is 4.33. The molecule has 3 aromatic rings. The molecular weight excluding hydrogens is 382 g/mol. The maximum atomic E-state index is 12.3. The monoisotopic (exact) mass is 403 g/mol. The lowest BCUT2D eigenvalue weighted by atomic mass is 10.3. The van der Waals surface area contributed by atoms with Crippen molar-refractivity contribution < 1.29 is 17.9 Å². The Morgan fingerprint density at radius 2 is 1.79 bits per heavy atom. The molecule has 0 saturated carbocycles. The van der Waals surface area contributed by atoms with Crippen LogP contribution in [0.4, 0.5) is 5.82 Å². The zero-order valence-corrected chi connectivity index (χ0v) is 16.6. The van der Waals surface area contributed by atoms with Gasteiger partial charge in [0.1, 0.15) is 36.0 Å². The molecule has 0 amide bonds. The van der Waals surface area contributed by atoms with E-state index in [0.717, 1.165) is 11.4 Å². The van der Waals surface area contributed by atoms with Crippen LogP contribution in [0.5, 0.6) is 11.5 Å². The number of ether oxygens (including phenoxy) is 2. The molecule has 9 nitrogen and oxygen atoms in total. The molecule has 1 N–H and O–H groups in total. The van der Waals surface area contributed by atoms with Gasteiger partial charge in [0.15, 0.2) is 5.82 Å². The van der Waals surface area contributed by atoms with Gasteiger partial charge < -0.3 is 9.47 Å². The summed E-state index contributed by atoms with van der Waals surface area (Å²) in [7, 11) is -2.07. The summed E-state index contributed by atoms with van der Waals surface area (Å²) in [5.41, 5.74) is 1.73. The van der Waals surface area contributed by atoms with Crippen LogP contribution < -0.4 is 14.2 Å². The fourth-order valence-corrected chi connectivity index (χ4v) is 3.37. The van der Waals surface area contributed by atoms with Crippen molar-refractivity contribution in [1.82, 2.24) is 19.7 Å². The molecule has 0 radical (unpaired) electrons. The number of benzene rings is 1. The lowest BCUT2D eigenvalue weighted by Crippen LogP contribution is -2.22. The summed E-state index contributed by atoms with van der Waals surface area (Å²) in [6.07, 6.45) is 1.29. The van der Waals surface area contributed by atoms with E-state index in [2.05, 4.69) is 19.8 Å². The number of rotatable bonds is 8. The number of hydrogen-bond donors (Lipinski definition) is 1. The molecule has 148 valence electrons. The molecule has 0 bridgehead atoms. The van der Waals surface area contributed by atoms with Crippen LogP contribution in [0.25, 0.3) is 5.82 Å². The SMILES string of the molecule is COc1ccc(OCCS(=O)(=O)Nc2cc(-n3nc(C)cc3C)ncn2)cc1. The Hall–Kier alpha value is -3.14.